The van der Waals surface area contributed by atoms with Gasteiger partial charge in [-0.25, -0.2) is 12.8 Å². The SMILES string of the molecule is Cc1ccc(-c2nnc(-c3nn(C)c4c3CN(S(=O)(=O)c3ccc(F)c(Cl)c3)CC4)o2)cc1. The maximum Gasteiger partial charge on any atom is 0.268 e. The number of nitrogens with zero attached hydrogens (tertiary/aromatic N) is 5. The Kier molecular flexibility index (Phi) is 5.31. The van der Waals surface area contributed by atoms with Crippen LogP contribution >= 0.6 is 11.6 Å². The molecule has 33 heavy (non-hydrogen) atoms. The van der Waals surface area contributed by atoms with Gasteiger partial charge in [-0.2, -0.15) is 9.40 Å². The first-order chi connectivity index (χ1) is 15.7. The van der Waals surface area contributed by atoms with E-state index in [1.54, 1.807) is 11.7 Å². The minimum atomic E-state index is -3.90. The number of sulfonamides is 1. The summed E-state index contributed by atoms with van der Waals surface area (Å²) in [5.74, 6) is -0.107. The number of aryl methyl sites for hydroxylation is 2. The van der Waals surface area contributed by atoms with Crippen molar-refractivity contribution in [3.05, 3.63) is 70.1 Å². The number of fused-ring (bicyclic) bond motifs is 1. The molecule has 0 saturated heterocycles. The van der Waals surface area contributed by atoms with Crippen molar-refractivity contribution < 1.29 is 17.2 Å². The zero-order chi connectivity index (χ0) is 23.3. The third-order valence-electron chi connectivity index (χ3n) is 5.66. The van der Waals surface area contributed by atoms with Crippen LogP contribution in [0.15, 0.2) is 51.8 Å². The molecule has 0 fully saturated rings. The van der Waals surface area contributed by atoms with Gasteiger partial charge in [0.1, 0.15) is 5.82 Å². The maximum atomic E-state index is 13.5. The van der Waals surface area contributed by atoms with E-state index in [9.17, 15) is 12.8 Å². The topological polar surface area (TPSA) is 94.1 Å². The molecule has 0 aliphatic carbocycles. The number of aromatic nitrogens is 4. The van der Waals surface area contributed by atoms with Gasteiger partial charge >= 0.3 is 0 Å². The average Bonchev–Trinajstić information content (AvgIpc) is 3.41. The van der Waals surface area contributed by atoms with E-state index < -0.39 is 15.8 Å². The Labute approximate surface area is 194 Å². The molecule has 8 nitrogen and oxygen atoms in total. The van der Waals surface area contributed by atoms with Gasteiger partial charge in [-0.05, 0) is 37.3 Å². The van der Waals surface area contributed by atoms with Crippen molar-refractivity contribution in [2.45, 2.75) is 24.8 Å². The van der Waals surface area contributed by atoms with E-state index >= 15 is 0 Å². The van der Waals surface area contributed by atoms with Crippen LogP contribution in [0.2, 0.25) is 5.02 Å². The number of halogens is 2. The third-order valence-corrected chi connectivity index (χ3v) is 7.79. The molecular weight excluding hydrogens is 469 g/mol. The van der Waals surface area contributed by atoms with Crippen LogP contribution in [0.1, 0.15) is 16.8 Å². The standard InChI is InChI=1S/C22H19ClFN5O3S/c1-13-3-5-14(6-4-13)21-25-26-22(32-21)20-16-12-29(10-9-19(16)28(2)27-20)33(30,31)15-7-8-18(24)17(23)11-15/h3-8,11H,9-10,12H2,1-2H3. The summed E-state index contributed by atoms with van der Waals surface area (Å²) in [5.41, 5.74) is 3.92. The highest BCUT2D eigenvalue weighted by Gasteiger charge is 2.34. The predicted octanol–water partition coefficient (Wildman–Crippen LogP) is 3.99. The number of rotatable bonds is 4. The second kappa shape index (κ2) is 8.05. The summed E-state index contributed by atoms with van der Waals surface area (Å²) in [6, 6.07) is 11.1. The van der Waals surface area contributed by atoms with Gasteiger partial charge in [0.25, 0.3) is 5.89 Å². The molecule has 170 valence electrons. The van der Waals surface area contributed by atoms with Crippen molar-refractivity contribution in [1.82, 2.24) is 24.3 Å². The monoisotopic (exact) mass is 487 g/mol. The second-order valence-corrected chi connectivity index (χ2v) is 10.2. The van der Waals surface area contributed by atoms with Crippen molar-refractivity contribution in [3.8, 4) is 23.0 Å². The molecule has 0 amide bonds. The highest BCUT2D eigenvalue weighted by atomic mass is 35.5. The van der Waals surface area contributed by atoms with E-state index in [-0.39, 0.29) is 28.9 Å². The Morgan fingerprint density at radius 2 is 1.82 bits per heavy atom. The molecule has 3 heterocycles. The van der Waals surface area contributed by atoms with Crippen LogP contribution in [0, 0.1) is 12.7 Å². The first-order valence-corrected chi connectivity index (χ1v) is 12.0. The van der Waals surface area contributed by atoms with Crippen LogP contribution in [-0.2, 0) is 30.0 Å². The zero-order valence-corrected chi connectivity index (χ0v) is 19.4. The highest BCUT2D eigenvalue weighted by molar-refractivity contribution is 7.89. The van der Waals surface area contributed by atoms with Crippen LogP contribution in [0.3, 0.4) is 0 Å². The summed E-state index contributed by atoms with van der Waals surface area (Å²) in [5, 5.41) is 12.6. The minimum absolute atomic E-state index is 0.0674. The van der Waals surface area contributed by atoms with Gasteiger partial charge in [-0.1, -0.05) is 29.3 Å². The molecule has 0 atom stereocenters. The molecule has 0 radical (unpaired) electrons. The van der Waals surface area contributed by atoms with Crippen LogP contribution < -0.4 is 0 Å². The maximum absolute atomic E-state index is 13.5. The largest absolute Gasteiger partial charge is 0.415 e. The van der Waals surface area contributed by atoms with Gasteiger partial charge in [0.15, 0.2) is 5.69 Å². The van der Waals surface area contributed by atoms with E-state index in [0.717, 1.165) is 29.0 Å². The van der Waals surface area contributed by atoms with Crippen LogP contribution in [0.4, 0.5) is 4.39 Å². The normalized spacial score (nSPS) is 14.4. The van der Waals surface area contributed by atoms with Gasteiger partial charge < -0.3 is 4.42 Å². The van der Waals surface area contributed by atoms with Crippen molar-refractivity contribution >= 4 is 21.6 Å². The second-order valence-electron chi connectivity index (χ2n) is 7.84. The molecular formula is C22H19ClFN5O3S. The van der Waals surface area contributed by atoms with E-state index in [4.69, 9.17) is 16.0 Å². The lowest BCUT2D eigenvalue weighted by Crippen LogP contribution is -2.36. The summed E-state index contributed by atoms with van der Waals surface area (Å²) in [7, 11) is -2.10. The van der Waals surface area contributed by atoms with E-state index in [0.29, 0.717) is 23.6 Å². The predicted molar refractivity (Wildman–Crippen MR) is 119 cm³/mol. The molecule has 1 aliphatic heterocycles. The van der Waals surface area contributed by atoms with Crippen LogP contribution in [0.25, 0.3) is 23.0 Å². The molecule has 2 aromatic heterocycles. The molecule has 0 unspecified atom stereocenters. The minimum Gasteiger partial charge on any atom is -0.415 e. The molecule has 2 aromatic carbocycles. The molecule has 0 bridgehead atoms. The molecule has 0 N–H and O–H groups in total. The Balaban J connectivity index is 1.49. The van der Waals surface area contributed by atoms with Gasteiger partial charge in [0.05, 0.1) is 9.92 Å². The summed E-state index contributed by atoms with van der Waals surface area (Å²) < 4.78 is 48.8. The quantitative estimate of drug-likeness (QED) is 0.432. The Bertz CT molecular complexity index is 1460. The summed E-state index contributed by atoms with van der Waals surface area (Å²) >= 11 is 5.81. The summed E-state index contributed by atoms with van der Waals surface area (Å²) in [6.07, 6.45) is 0.450. The fourth-order valence-electron chi connectivity index (χ4n) is 3.86. The third kappa shape index (κ3) is 3.84. The zero-order valence-electron chi connectivity index (χ0n) is 17.8. The molecule has 0 saturated carbocycles. The number of hydrogen-bond acceptors (Lipinski definition) is 6. The van der Waals surface area contributed by atoms with E-state index in [1.165, 1.54) is 10.4 Å². The van der Waals surface area contributed by atoms with Crippen LogP contribution in [-0.4, -0.2) is 39.2 Å². The lowest BCUT2D eigenvalue weighted by molar-refractivity contribution is 0.386. The Hall–Kier alpha value is -3.08. The van der Waals surface area contributed by atoms with Gasteiger partial charge in [-0.3, -0.25) is 4.68 Å². The molecule has 11 heteroatoms. The van der Waals surface area contributed by atoms with Crippen molar-refractivity contribution in [3.63, 3.8) is 0 Å². The van der Waals surface area contributed by atoms with Gasteiger partial charge in [0.2, 0.25) is 15.9 Å². The number of hydrogen-bond donors (Lipinski definition) is 0. The van der Waals surface area contributed by atoms with Crippen molar-refractivity contribution in [1.29, 1.82) is 0 Å². The lowest BCUT2D eigenvalue weighted by Gasteiger charge is -2.26. The van der Waals surface area contributed by atoms with Crippen molar-refractivity contribution in [2.75, 3.05) is 6.54 Å². The van der Waals surface area contributed by atoms with Crippen molar-refractivity contribution in [2.24, 2.45) is 7.05 Å². The molecule has 4 aromatic rings. The first kappa shape index (κ1) is 21.7. The fraction of sp³-hybridized carbons (Fsp3) is 0.227. The first-order valence-electron chi connectivity index (χ1n) is 10.1. The van der Waals surface area contributed by atoms with Gasteiger partial charge in [0, 0.05) is 43.4 Å². The number of benzene rings is 2. The Morgan fingerprint density at radius 3 is 2.55 bits per heavy atom. The molecule has 1 aliphatic rings. The van der Waals surface area contributed by atoms with E-state index in [2.05, 4.69) is 15.3 Å². The Morgan fingerprint density at radius 1 is 1.09 bits per heavy atom. The van der Waals surface area contributed by atoms with E-state index in [1.807, 2.05) is 31.2 Å². The average molecular weight is 488 g/mol. The van der Waals surface area contributed by atoms with Crippen LogP contribution in [0.5, 0.6) is 0 Å². The molecule has 5 rings (SSSR count). The smallest absolute Gasteiger partial charge is 0.268 e. The highest BCUT2D eigenvalue weighted by Crippen LogP contribution is 2.33. The fourth-order valence-corrected chi connectivity index (χ4v) is 5.54. The molecule has 0 spiro atoms. The summed E-state index contributed by atoms with van der Waals surface area (Å²) in [6.45, 7) is 2.31. The lowest BCUT2D eigenvalue weighted by atomic mass is 10.1. The summed E-state index contributed by atoms with van der Waals surface area (Å²) in [4.78, 5) is -0.0674. The van der Waals surface area contributed by atoms with Gasteiger partial charge in [-0.15, -0.1) is 10.2 Å².